The second-order valence-corrected chi connectivity index (χ2v) is 11.1. The lowest BCUT2D eigenvalue weighted by Crippen LogP contribution is -2.59. The number of carbonyl (C=O) groups is 3. The summed E-state index contributed by atoms with van der Waals surface area (Å²) < 4.78 is 11.9. The monoisotopic (exact) mass is 562 g/mol. The molecule has 36 heavy (non-hydrogen) atoms. The number of esters is 1. The molecular formula is C27H35BrN2O6. The van der Waals surface area contributed by atoms with E-state index in [9.17, 15) is 19.5 Å². The first kappa shape index (κ1) is 26.8. The Morgan fingerprint density at radius 1 is 1.36 bits per heavy atom. The van der Waals surface area contributed by atoms with E-state index in [1.54, 1.807) is 17.9 Å². The van der Waals surface area contributed by atoms with Crippen LogP contribution in [0.25, 0.3) is 0 Å². The lowest BCUT2D eigenvalue weighted by atomic mass is 9.70. The molecule has 1 aromatic carbocycles. The molecule has 1 aromatic rings. The van der Waals surface area contributed by atoms with Gasteiger partial charge in [-0.3, -0.25) is 14.4 Å². The third kappa shape index (κ3) is 3.90. The highest BCUT2D eigenvalue weighted by Gasteiger charge is 2.77. The molecule has 3 fully saturated rings. The van der Waals surface area contributed by atoms with Crippen molar-refractivity contribution in [3.05, 3.63) is 42.0 Å². The fourth-order valence-corrected chi connectivity index (χ4v) is 7.40. The zero-order valence-corrected chi connectivity index (χ0v) is 22.9. The number of aliphatic hydroxyl groups is 1. The topological polar surface area (TPSA) is 96.4 Å². The van der Waals surface area contributed by atoms with Crippen LogP contribution in [0.1, 0.15) is 37.8 Å². The van der Waals surface area contributed by atoms with E-state index < -0.39 is 41.6 Å². The summed E-state index contributed by atoms with van der Waals surface area (Å²) in [6.07, 6.45) is 1.93. The largest absolute Gasteiger partial charge is 0.466 e. The second-order valence-electron chi connectivity index (χ2n) is 9.88. The number of halogens is 1. The van der Waals surface area contributed by atoms with E-state index in [0.717, 1.165) is 16.8 Å². The first-order valence-corrected chi connectivity index (χ1v) is 13.5. The van der Waals surface area contributed by atoms with Crippen molar-refractivity contribution < 1.29 is 29.0 Å². The average molecular weight is 563 g/mol. The lowest BCUT2D eigenvalue weighted by Gasteiger charge is -2.39. The predicted molar refractivity (Wildman–Crippen MR) is 139 cm³/mol. The molecule has 2 bridgehead atoms. The Morgan fingerprint density at radius 2 is 2.03 bits per heavy atom. The van der Waals surface area contributed by atoms with Gasteiger partial charge in [-0.1, -0.05) is 47.1 Å². The SMILES string of the molecule is C=CCN(C(=O)[C@@H]1N([C@@H](CC)CO)C(=O)[C@H]2[C@H](C(=O)OCC)[C@H]3O[C@@]12CC3Br)c1c(C)cccc1C. The summed E-state index contributed by atoms with van der Waals surface area (Å²) in [6, 6.07) is 4.22. The smallest absolute Gasteiger partial charge is 0.312 e. The lowest BCUT2D eigenvalue weighted by molar-refractivity contribution is -0.155. The molecule has 0 aliphatic carbocycles. The van der Waals surface area contributed by atoms with Gasteiger partial charge in [0.25, 0.3) is 5.91 Å². The second kappa shape index (κ2) is 10.3. The number of ether oxygens (including phenoxy) is 2. The highest BCUT2D eigenvalue weighted by Crippen LogP contribution is 2.61. The van der Waals surface area contributed by atoms with Gasteiger partial charge in [0, 0.05) is 17.1 Å². The van der Waals surface area contributed by atoms with Gasteiger partial charge in [-0.2, -0.15) is 0 Å². The number of fused-ring (bicyclic) bond motifs is 1. The molecule has 196 valence electrons. The van der Waals surface area contributed by atoms with Crippen LogP contribution in [0.15, 0.2) is 30.9 Å². The van der Waals surface area contributed by atoms with Gasteiger partial charge in [-0.15, -0.1) is 6.58 Å². The number of aliphatic hydroxyl groups excluding tert-OH is 1. The summed E-state index contributed by atoms with van der Waals surface area (Å²) in [4.78, 5) is 44.6. The quantitative estimate of drug-likeness (QED) is 0.282. The van der Waals surface area contributed by atoms with Gasteiger partial charge in [0.05, 0.1) is 37.2 Å². The Labute approximate surface area is 220 Å². The van der Waals surface area contributed by atoms with Gasteiger partial charge in [0.1, 0.15) is 11.6 Å². The van der Waals surface area contributed by atoms with Gasteiger partial charge in [-0.25, -0.2) is 0 Å². The van der Waals surface area contributed by atoms with Crippen LogP contribution in [0.5, 0.6) is 0 Å². The molecular weight excluding hydrogens is 528 g/mol. The van der Waals surface area contributed by atoms with Crippen LogP contribution in [-0.4, -0.2) is 76.2 Å². The molecule has 4 rings (SSSR count). The van der Waals surface area contributed by atoms with Crippen molar-refractivity contribution in [1.82, 2.24) is 4.90 Å². The summed E-state index contributed by atoms with van der Waals surface area (Å²) in [6.45, 7) is 11.4. The number of carbonyl (C=O) groups excluding carboxylic acids is 3. The molecule has 0 saturated carbocycles. The molecule has 1 unspecified atom stereocenters. The number of benzene rings is 1. The van der Waals surface area contributed by atoms with Gasteiger partial charge in [0.15, 0.2) is 0 Å². The van der Waals surface area contributed by atoms with Crippen molar-refractivity contribution in [1.29, 1.82) is 0 Å². The summed E-state index contributed by atoms with van der Waals surface area (Å²) in [7, 11) is 0. The number of alkyl halides is 1. The van der Waals surface area contributed by atoms with Gasteiger partial charge >= 0.3 is 5.97 Å². The molecule has 1 N–H and O–H groups in total. The molecule has 3 saturated heterocycles. The number of hydrogen-bond donors (Lipinski definition) is 1. The Hall–Kier alpha value is -2.23. The van der Waals surface area contributed by atoms with Gasteiger partial charge in [0.2, 0.25) is 5.91 Å². The van der Waals surface area contributed by atoms with Crippen LogP contribution in [0.3, 0.4) is 0 Å². The third-order valence-corrected chi connectivity index (χ3v) is 8.73. The van der Waals surface area contributed by atoms with E-state index in [0.29, 0.717) is 12.8 Å². The Morgan fingerprint density at radius 3 is 2.58 bits per heavy atom. The third-order valence-electron chi connectivity index (χ3n) is 7.88. The normalized spacial score (nSPS) is 31.3. The van der Waals surface area contributed by atoms with Crippen LogP contribution in [0.2, 0.25) is 0 Å². The van der Waals surface area contributed by atoms with E-state index in [1.165, 1.54) is 4.90 Å². The zero-order chi connectivity index (χ0) is 26.4. The number of para-hydroxylation sites is 1. The van der Waals surface area contributed by atoms with Crippen LogP contribution in [-0.2, 0) is 23.9 Å². The highest BCUT2D eigenvalue weighted by atomic mass is 79.9. The zero-order valence-electron chi connectivity index (χ0n) is 21.3. The van der Waals surface area contributed by atoms with Crippen LogP contribution in [0, 0.1) is 25.7 Å². The molecule has 8 nitrogen and oxygen atoms in total. The molecule has 2 amide bonds. The van der Waals surface area contributed by atoms with E-state index in [4.69, 9.17) is 9.47 Å². The fraction of sp³-hybridized carbons (Fsp3) is 0.593. The van der Waals surface area contributed by atoms with Crippen LogP contribution < -0.4 is 4.90 Å². The Kier molecular flexibility index (Phi) is 7.65. The number of aryl methyl sites for hydroxylation is 2. The minimum Gasteiger partial charge on any atom is -0.466 e. The number of amides is 2. The summed E-state index contributed by atoms with van der Waals surface area (Å²) >= 11 is 3.66. The van der Waals surface area contributed by atoms with E-state index in [2.05, 4.69) is 22.5 Å². The molecule has 3 aliphatic rings. The number of rotatable bonds is 9. The number of hydrogen-bond acceptors (Lipinski definition) is 6. The van der Waals surface area contributed by atoms with Crippen LogP contribution >= 0.6 is 15.9 Å². The first-order valence-electron chi connectivity index (χ1n) is 12.6. The maximum atomic E-state index is 14.6. The summed E-state index contributed by atoms with van der Waals surface area (Å²) in [5, 5.41) is 10.2. The standard InChI is InChI=1S/C27H35BrN2O6/c1-6-12-29(21-15(4)10-9-11-16(21)5)25(33)23-27-13-18(28)22(36-27)19(26(34)35-8-3)20(27)24(32)30(23)17(7-2)14-31/h6,9-11,17-20,22-23,31H,1,7-8,12-14H2,2-5H3/t17-,18?,19-,20+,22-,23-,27+/m0/s1. The van der Waals surface area contributed by atoms with Crippen molar-refractivity contribution in [2.75, 3.05) is 24.7 Å². The molecule has 3 heterocycles. The molecule has 0 radical (unpaired) electrons. The van der Waals surface area contributed by atoms with Crippen LogP contribution in [0.4, 0.5) is 5.69 Å². The molecule has 0 aromatic heterocycles. The highest BCUT2D eigenvalue weighted by molar-refractivity contribution is 9.09. The summed E-state index contributed by atoms with van der Waals surface area (Å²) in [5.74, 6) is -2.81. The predicted octanol–water partition coefficient (Wildman–Crippen LogP) is 2.90. The number of anilines is 1. The number of nitrogens with zero attached hydrogens (tertiary/aromatic N) is 2. The van der Waals surface area contributed by atoms with E-state index in [1.807, 2.05) is 39.0 Å². The van der Waals surface area contributed by atoms with Crippen molar-refractivity contribution in [3.8, 4) is 0 Å². The molecule has 9 heteroatoms. The average Bonchev–Trinajstić information content (AvgIpc) is 3.43. The maximum absolute atomic E-state index is 14.6. The van der Waals surface area contributed by atoms with Crippen molar-refractivity contribution in [2.45, 2.75) is 69.2 Å². The van der Waals surface area contributed by atoms with Crippen molar-refractivity contribution in [2.24, 2.45) is 11.8 Å². The fourth-order valence-electron chi connectivity index (χ4n) is 6.46. The first-order chi connectivity index (χ1) is 17.2. The van der Waals surface area contributed by atoms with Gasteiger partial charge < -0.3 is 24.4 Å². The molecule has 3 aliphatic heterocycles. The Bertz CT molecular complexity index is 1040. The maximum Gasteiger partial charge on any atom is 0.312 e. The van der Waals surface area contributed by atoms with Gasteiger partial charge in [-0.05, 0) is 44.7 Å². The minimum atomic E-state index is -1.21. The number of likely N-dealkylation sites (tertiary alicyclic amines) is 1. The van der Waals surface area contributed by atoms with E-state index in [-0.39, 0.29) is 36.4 Å². The van der Waals surface area contributed by atoms with Crippen molar-refractivity contribution >= 4 is 39.4 Å². The van der Waals surface area contributed by atoms with Crippen molar-refractivity contribution in [3.63, 3.8) is 0 Å². The molecule has 7 atom stereocenters. The Balaban J connectivity index is 1.87. The summed E-state index contributed by atoms with van der Waals surface area (Å²) in [5.41, 5.74) is 1.40. The molecule has 1 spiro atoms. The van der Waals surface area contributed by atoms with E-state index >= 15 is 0 Å². The minimum absolute atomic E-state index is 0.183.